The molecular weight excluding hydrogens is 1380 g/mol. The van der Waals surface area contributed by atoms with Crippen LogP contribution in [0.4, 0.5) is 0 Å². The van der Waals surface area contributed by atoms with Crippen LogP contribution in [0, 0.1) is 27.7 Å². The van der Waals surface area contributed by atoms with Crippen LogP contribution >= 0.6 is 0 Å². The number of rotatable bonds is 17. The Labute approximate surface area is 664 Å². The van der Waals surface area contributed by atoms with Crippen LogP contribution in [0.3, 0.4) is 0 Å². The summed E-state index contributed by atoms with van der Waals surface area (Å²) in [6.45, 7) is 28.3. The van der Waals surface area contributed by atoms with Gasteiger partial charge in [0.15, 0.2) is 0 Å². The molecule has 14 rings (SSSR count). The van der Waals surface area contributed by atoms with Crippen molar-refractivity contribution < 1.29 is 14.2 Å². The lowest BCUT2D eigenvalue weighted by Gasteiger charge is -2.21. The molecule has 4 atom stereocenters. The summed E-state index contributed by atoms with van der Waals surface area (Å²) >= 11 is 0. The van der Waals surface area contributed by atoms with Gasteiger partial charge in [-0.05, 0) is 183 Å². The van der Waals surface area contributed by atoms with Crippen LogP contribution < -0.4 is 9.47 Å². The SMILES string of the molecule is CC(C)(C)c1cccc(-c2cc(C(C)(C)C)ccn2)c1.CCC(N=Cc1ccccn1)c1ccccc1.COc1cccc(-c2cc(OC)ccn2)c1.C[C@H](N=Cc1ccccn1)c1ccccc1.C[C@H]1N=C(c2ccccn2)O[C@H]1c1ccccc1.Cc1cc(C)cc(C(N=Cc2ccccn2)c2cc(C)cc(C)c2)c1. The smallest absolute Gasteiger partial charge is 0.236 e. The summed E-state index contributed by atoms with van der Waals surface area (Å²) in [5.41, 5.74) is 21.7. The van der Waals surface area contributed by atoms with Crippen molar-refractivity contribution in [2.75, 3.05) is 14.2 Å². The molecule has 7 heterocycles. The monoisotopic (exact) mass is 1480 g/mol. The average molecular weight is 1480 g/mol. The molecule has 13 aromatic rings. The van der Waals surface area contributed by atoms with Crippen LogP contribution in [0.2, 0.25) is 0 Å². The van der Waals surface area contributed by atoms with E-state index < -0.39 is 0 Å². The molecule has 1 aliphatic rings. The molecule has 0 bridgehead atoms. The topological polar surface area (TPSA) is 154 Å². The number of pyridine rings is 6. The molecule has 0 saturated carbocycles. The molecule has 112 heavy (non-hydrogen) atoms. The van der Waals surface area contributed by atoms with Crippen LogP contribution in [0.15, 0.2) is 330 Å². The molecule has 0 amide bonds. The highest BCUT2D eigenvalue weighted by Gasteiger charge is 2.30. The van der Waals surface area contributed by atoms with E-state index in [0.717, 1.165) is 63.2 Å². The van der Waals surface area contributed by atoms with Gasteiger partial charge in [0.1, 0.15) is 29.3 Å². The van der Waals surface area contributed by atoms with Gasteiger partial charge in [0, 0.05) is 73.0 Å². The van der Waals surface area contributed by atoms with Crippen molar-refractivity contribution in [2.45, 2.75) is 138 Å². The second-order valence-electron chi connectivity index (χ2n) is 29.4. The molecule has 0 spiro atoms. The quantitative estimate of drug-likeness (QED) is 0.0810. The summed E-state index contributed by atoms with van der Waals surface area (Å²) in [6, 6.07) is 92.4. The molecule has 7 aromatic carbocycles. The van der Waals surface area contributed by atoms with E-state index in [-0.39, 0.29) is 41.1 Å². The first kappa shape index (κ1) is 83.6. The van der Waals surface area contributed by atoms with Crippen LogP contribution in [0.1, 0.15) is 177 Å². The fourth-order valence-corrected chi connectivity index (χ4v) is 12.3. The minimum absolute atomic E-state index is 0.0109. The van der Waals surface area contributed by atoms with E-state index in [0.29, 0.717) is 5.90 Å². The zero-order valence-corrected chi connectivity index (χ0v) is 67.5. The van der Waals surface area contributed by atoms with Gasteiger partial charge < -0.3 is 14.2 Å². The Morgan fingerprint density at radius 3 is 1.33 bits per heavy atom. The molecule has 0 radical (unpaired) electrons. The zero-order valence-electron chi connectivity index (χ0n) is 67.5. The second-order valence-corrected chi connectivity index (χ2v) is 29.4. The number of ether oxygens (including phenoxy) is 3. The Bertz CT molecular complexity index is 4900. The third-order valence-electron chi connectivity index (χ3n) is 18.2. The number of aromatic nitrogens is 6. The molecule has 1 aliphatic heterocycles. The summed E-state index contributed by atoms with van der Waals surface area (Å²) in [4.78, 5) is 44.4. The van der Waals surface area contributed by atoms with E-state index in [1.165, 1.54) is 61.2 Å². The Morgan fingerprint density at radius 1 is 0.393 bits per heavy atom. The molecule has 6 aromatic heterocycles. The predicted molar refractivity (Wildman–Crippen MR) is 464 cm³/mol. The molecule has 13 heteroatoms. The number of benzene rings is 7. The number of hydrogen-bond donors (Lipinski definition) is 0. The minimum atomic E-state index is -0.0285. The second kappa shape index (κ2) is 42.5. The summed E-state index contributed by atoms with van der Waals surface area (Å²) < 4.78 is 16.3. The van der Waals surface area contributed by atoms with Gasteiger partial charge in [0.2, 0.25) is 5.90 Å². The van der Waals surface area contributed by atoms with E-state index >= 15 is 0 Å². The Morgan fingerprint density at radius 2 is 0.830 bits per heavy atom. The third-order valence-corrected chi connectivity index (χ3v) is 18.2. The van der Waals surface area contributed by atoms with Crippen LogP contribution in [0.5, 0.6) is 11.5 Å². The zero-order chi connectivity index (χ0) is 79.7. The summed E-state index contributed by atoms with van der Waals surface area (Å²) in [7, 11) is 3.29. The van der Waals surface area contributed by atoms with Gasteiger partial charge in [-0.1, -0.05) is 253 Å². The number of aryl methyl sites for hydroxylation is 4. The van der Waals surface area contributed by atoms with Gasteiger partial charge in [-0.3, -0.25) is 44.9 Å². The highest BCUT2D eigenvalue weighted by Crippen LogP contribution is 2.34. The largest absolute Gasteiger partial charge is 0.497 e. The predicted octanol–water partition coefficient (Wildman–Crippen LogP) is 23.5. The number of aliphatic imine (C=N–C) groups is 4. The molecule has 0 aliphatic carbocycles. The van der Waals surface area contributed by atoms with E-state index in [9.17, 15) is 0 Å². The first-order valence-corrected chi connectivity index (χ1v) is 38.1. The van der Waals surface area contributed by atoms with Crippen molar-refractivity contribution >= 4 is 24.5 Å². The Hall–Kier alpha value is -12.5. The lowest BCUT2D eigenvalue weighted by molar-refractivity contribution is 0.202. The van der Waals surface area contributed by atoms with E-state index in [4.69, 9.17) is 19.2 Å². The Balaban J connectivity index is 0.000000155. The van der Waals surface area contributed by atoms with Gasteiger partial charge in [0.05, 0.1) is 60.8 Å². The van der Waals surface area contributed by atoms with E-state index in [1.807, 2.05) is 189 Å². The summed E-state index contributed by atoms with van der Waals surface area (Å²) in [5, 5.41) is 0. The first-order chi connectivity index (χ1) is 54.1. The maximum absolute atomic E-state index is 5.93. The van der Waals surface area contributed by atoms with Crippen LogP contribution in [0.25, 0.3) is 22.5 Å². The van der Waals surface area contributed by atoms with Crippen molar-refractivity contribution in [3.05, 3.63) is 394 Å². The number of methoxy groups -OCH3 is 2. The van der Waals surface area contributed by atoms with Gasteiger partial charge in [0.25, 0.3) is 0 Å². The Kier molecular flexibility index (Phi) is 31.7. The fraction of sp³-hybridized carbons (Fsp3) is 0.232. The van der Waals surface area contributed by atoms with Crippen LogP contribution in [-0.2, 0) is 15.6 Å². The maximum Gasteiger partial charge on any atom is 0.236 e. The molecular formula is C99H106N10O3. The number of nitrogens with zero attached hydrogens (tertiary/aromatic N) is 10. The van der Waals surface area contributed by atoms with Crippen LogP contribution in [-0.4, -0.2) is 74.7 Å². The summed E-state index contributed by atoms with van der Waals surface area (Å²) in [5.74, 6) is 2.26. The van der Waals surface area contributed by atoms with Crippen molar-refractivity contribution in [1.29, 1.82) is 0 Å². The van der Waals surface area contributed by atoms with Crippen molar-refractivity contribution in [3.63, 3.8) is 0 Å². The van der Waals surface area contributed by atoms with Crippen molar-refractivity contribution in [2.24, 2.45) is 20.0 Å². The lowest BCUT2D eigenvalue weighted by Crippen LogP contribution is -2.12. The molecule has 0 fully saturated rings. The van der Waals surface area contributed by atoms with Gasteiger partial charge >= 0.3 is 0 Å². The standard InChI is InChI=1S/C23H24N2.C19H25N.C15H14N2O.C15H16N2.C14H14N2.C13H13NO2/c1-16-9-17(2)12-20(11-16)23(21-13-18(3)10-19(4)14-21)25-15-22-7-5-6-8-24-22;1-18(2,3)15-9-7-8-14(12-15)17-13-16(10-11-20-17)19(4,5)6;1-11-14(12-7-3-2-4-8-12)18-15(17-11)13-9-5-6-10-16-13;1-2-15(13-8-4-3-5-9-13)17-12-14-10-6-7-11-16-14;1-12(13-7-3-2-4-8-13)16-11-14-9-5-6-10-15-14;1-15-11-5-3-4-10(8-11)13-9-12(16-2)6-7-14-13/h5-15,23H,1-4H3;7-13H,1-6H3;2-11,14H,1H3;3-12,15H,2H2,1H3;2-12H,1H3;3-9H,1-2H3/t;;11-,14-;;12-;/m..1.0./s1. The molecule has 0 saturated heterocycles. The number of hydrogen-bond acceptors (Lipinski definition) is 13. The third kappa shape index (κ3) is 26.7. The van der Waals surface area contributed by atoms with Gasteiger partial charge in [-0.2, -0.15) is 0 Å². The average Bonchev–Trinajstić information content (AvgIpc) is 1.47. The molecule has 13 nitrogen and oxygen atoms in total. The first-order valence-electron chi connectivity index (χ1n) is 38.1. The van der Waals surface area contributed by atoms with E-state index in [1.54, 1.807) is 45.2 Å². The molecule has 0 N–H and O–H groups in total. The van der Waals surface area contributed by atoms with Gasteiger partial charge in [-0.15, -0.1) is 0 Å². The van der Waals surface area contributed by atoms with Crippen molar-refractivity contribution in [3.8, 4) is 34.0 Å². The highest BCUT2D eigenvalue weighted by atomic mass is 16.5. The van der Waals surface area contributed by atoms with Gasteiger partial charge in [-0.25, -0.2) is 4.99 Å². The molecule has 570 valence electrons. The fourth-order valence-electron chi connectivity index (χ4n) is 12.3. The normalized spacial score (nSPS) is 13.6. The summed E-state index contributed by atoms with van der Waals surface area (Å²) in [6.07, 6.45) is 17.3. The highest BCUT2D eigenvalue weighted by molar-refractivity contribution is 5.93. The van der Waals surface area contributed by atoms with Crippen molar-refractivity contribution in [1.82, 2.24) is 29.9 Å². The van der Waals surface area contributed by atoms with E-state index in [2.05, 4.69) is 244 Å². The maximum atomic E-state index is 5.93. The lowest BCUT2D eigenvalue weighted by atomic mass is 9.85. The minimum Gasteiger partial charge on any atom is -0.497 e. The molecule has 1 unspecified atom stereocenters.